The van der Waals surface area contributed by atoms with Crippen molar-refractivity contribution in [1.29, 1.82) is 0 Å². The van der Waals surface area contributed by atoms with Gasteiger partial charge in [-0.3, -0.25) is 32.4 Å². The summed E-state index contributed by atoms with van der Waals surface area (Å²) in [5.74, 6) is -0.402. The molecule has 53 heavy (non-hydrogen) atoms. The van der Waals surface area contributed by atoms with Gasteiger partial charge in [-0.25, -0.2) is 37.7 Å². The third-order valence-electron chi connectivity index (χ3n) is 8.28. The number of carbonyl (C=O) groups excluding carboxylic acids is 2. The normalized spacial score (nSPS) is 36.3. The monoisotopic (exact) mass is 805 g/mol. The lowest BCUT2D eigenvalue weighted by atomic mass is 10.1. The molecule has 4 aliphatic rings. The Labute approximate surface area is 301 Å². The standard InChI is InChI=1S/C28H31F2N7O13P2S/c1-13(38)46-15-4-2-14(3-5-15)10-53-52(43)45-8-16-19(29)23(27(47-16)37-12-34-21-24(31)32-11-33-25(21)37)49-51(41,42)44-9-17-22(50-52)20(30)26(48-17)36-7-6-18(39)35-28(36)40/h2-7,11-12,16-20,22-23,26-27,39H,8-10H2,1H3,(H,35,40)(H,41,42)(H2,31,32,33)/t16-,17-,18?,19-,20-,22-,23-,26-,27-,52?/m1/s1. The molecule has 2 aromatic heterocycles. The van der Waals surface area contributed by atoms with Crippen LogP contribution in [0.3, 0.4) is 0 Å². The lowest BCUT2D eigenvalue weighted by Gasteiger charge is -2.30. The summed E-state index contributed by atoms with van der Waals surface area (Å²) in [5, 5.41) is 11.9. The number of urea groups is 1. The predicted molar refractivity (Wildman–Crippen MR) is 176 cm³/mol. The molecule has 2 amide bonds. The molecule has 3 saturated heterocycles. The number of anilines is 1. The zero-order chi connectivity index (χ0) is 37.7. The number of amides is 2. The summed E-state index contributed by atoms with van der Waals surface area (Å²) < 4.78 is 100. The van der Waals surface area contributed by atoms with Gasteiger partial charge in [0.2, 0.25) is 0 Å². The number of nitrogens with one attached hydrogen (secondary N) is 1. The summed E-state index contributed by atoms with van der Waals surface area (Å²) in [6.07, 6.45) is -11.7. The highest BCUT2D eigenvalue weighted by atomic mass is 32.7. The van der Waals surface area contributed by atoms with E-state index in [1.165, 1.54) is 30.0 Å². The van der Waals surface area contributed by atoms with E-state index in [2.05, 4.69) is 20.3 Å². The second-order valence-electron chi connectivity index (χ2n) is 11.9. The van der Waals surface area contributed by atoms with E-state index in [1.807, 2.05) is 0 Å². The number of imidazole rings is 1. The molecule has 3 aromatic rings. The van der Waals surface area contributed by atoms with Gasteiger partial charge in [-0.15, -0.1) is 0 Å². The zero-order valence-corrected chi connectivity index (χ0v) is 29.8. The maximum atomic E-state index is 16.3. The van der Waals surface area contributed by atoms with E-state index in [0.29, 0.717) is 16.9 Å². The number of nitrogens with two attached hydrogens (primary N) is 1. The minimum Gasteiger partial charge on any atom is -0.427 e. The van der Waals surface area contributed by atoms with Crippen LogP contribution in [0.25, 0.3) is 11.2 Å². The van der Waals surface area contributed by atoms with Crippen LogP contribution in [0.2, 0.25) is 0 Å². The van der Waals surface area contributed by atoms with Crippen molar-refractivity contribution in [3.05, 3.63) is 54.8 Å². The Bertz CT molecular complexity index is 2000. The highest BCUT2D eigenvalue weighted by molar-refractivity contribution is 8.54. The molecule has 7 rings (SSSR count). The van der Waals surface area contributed by atoms with Crippen LogP contribution >= 0.6 is 26.0 Å². The molecule has 25 heteroatoms. The summed E-state index contributed by atoms with van der Waals surface area (Å²) in [7, 11) is -5.24. The molecule has 6 heterocycles. The topological polar surface area (TPSA) is 258 Å². The third-order valence-corrected chi connectivity index (χ3v) is 12.9. The Morgan fingerprint density at radius 3 is 2.53 bits per heavy atom. The fourth-order valence-electron chi connectivity index (χ4n) is 5.83. The molecule has 0 saturated carbocycles. The zero-order valence-electron chi connectivity index (χ0n) is 27.2. The van der Waals surface area contributed by atoms with Crippen LogP contribution in [0.1, 0.15) is 18.7 Å². The summed E-state index contributed by atoms with van der Waals surface area (Å²) >= 11 is 0.587. The number of phosphoric acid groups is 1. The van der Waals surface area contributed by atoms with Crippen molar-refractivity contribution in [2.24, 2.45) is 0 Å². The number of aliphatic hydroxyl groups is 1. The molecule has 2 bridgehead atoms. The number of hydrogen-bond donors (Lipinski definition) is 4. The molecule has 286 valence electrons. The Balaban J connectivity index is 1.21. The highest BCUT2D eigenvalue weighted by Gasteiger charge is 2.56. The van der Waals surface area contributed by atoms with Gasteiger partial charge >= 0.3 is 26.6 Å². The van der Waals surface area contributed by atoms with Crippen molar-refractivity contribution >= 4 is 55.0 Å². The second-order valence-corrected chi connectivity index (χ2v) is 17.3. The SMILES string of the molecule is CC(=O)Oc1ccc(CSP2(=O)OC[C@H]3O[C@@H](n4cnc5c(N)ncnc54)[C@H](OP(=O)(O)OC[C@H]4O[C@@H](N5C=CC(O)NC5=O)[C@H](F)[C@@H]4O2)[C@@H]3F)cc1. The Morgan fingerprint density at radius 2 is 1.79 bits per heavy atom. The molecule has 20 nitrogen and oxygen atoms in total. The van der Waals surface area contributed by atoms with Crippen LogP contribution in [0.4, 0.5) is 19.4 Å². The predicted octanol–water partition coefficient (Wildman–Crippen LogP) is 2.45. The average Bonchev–Trinajstić information content (AvgIpc) is 3.76. The van der Waals surface area contributed by atoms with Crippen LogP contribution in [0.5, 0.6) is 5.75 Å². The van der Waals surface area contributed by atoms with Crippen molar-refractivity contribution < 1.29 is 69.8 Å². The van der Waals surface area contributed by atoms with Crippen LogP contribution in [-0.2, 0) is 47.2 Å². The lowest BCUT2D eigenvalue weighted by molar-refractivity contribution is -0.131. The number of aliphatic hydroxyl groups excluding tert-OH is 1. The maximum absolute atomic E-state index is 16.3. The Morgan fingerprint density at radius 1 is 1.06 bits per heavy atom. The quantitative estimate of drug-likeness (QED) is 0.158. The van der Waals surface area contributed by atoms with E-state index in [4.69, 9.17) is 38.0 Å². The van der Waals surface area contributed by atoms with E-state index in [0.717, 1.165) is 23.5 Å². The van der Waals surface area contributed by atoms with Gasteiger partial charge in [0.25, 0.3) is 0 Å². The van der Waals surface area contributed by atoms with Crippen LogP contribution in [0.15, 0.2) is 49.2 Å². The van der Waals surface area contributed by atoms with Crippen molar-refractivity contribution in [2.45, 2.75) is 68.1 Å². The number of ether oxygens (including phenoxy) is 3. The summed E-state index contributed by atoms with van der Waals surface area (Å²) in [4.78, 5) is 47.6. The summed E-state index contributed by atoms with van der Waals surface area (Å²) in [6, 6.07) is 5.13. The van der Waals surface area contributed by atoms with Crippen molar-refractivity contribution in [3.63, 3.8) is 0 Å². The number of halogens is 2. The Kier molecular flexibility index (Phi) is 10.6. The third kappa shape index (κ3) is 7.96. The largest absolute Gasteiger partial charge is 0.472 e. The smallest absolute Gasteiger partial charge is 0.427 e. The maximum Gasteiger partial charge on any atom is 0.472 e. The van der Waals surface area contributed by atoms with Crippen LogP contribution in [0, 0.1) is 0 Å². The molecule has 0 radical (unpaired) electrons. The number of esters is 1. The van der Waals surface area contributed by atoms with E-state index < -0.39 is 95.3 Å². The number of benzene rings is 1. The van der Waals surface area contributed by atoms with Gasteiger partial charge in [0.05, 0.1) is 19.5 Å². The lowest BCUT2D eigenvalue weighted by Crippen LogP contribution is -2.52. The molecule has 1 aromatic carbocycles. The average molecular weight is 806 g/mol. The first-order chi connectivity index (χ1) is 25.2. The minimum atomic E-state index is -5.24. The van der Waals surface area contributed by atoms with E-state index in [9.17, 15) is 28.7 Å². The highest BCUT2D eigenvalue weighted by Crippen LogP contribution is 2.64. The fourth-order valence-corrected chi connectivity index (χ4v) is 10.1. The molecule has 4 aliphatic heterocycles. The van der Waals surface area contributed by atoms with E-state index in [-0.39, 0.29) is 28.5 Å². The number of nitrogens with zero attached hydrogens (tertiary/aromatic N) is 5. The van der Waals surface area contributed by atoms with E-state index in [1.54, 1.807) is 12.1 Å². The van der Waals surface area contributed by atoms with Gasteiger partial charge < -0.3 is 35.3 Å². The first-order valence-corrected chi connectivity index (χ1v) is 20.3. The molecule has 0 spiro atoms. The number of phosphoric ester groups is 1. The van der Waals surface area contributed by atoms with Crippen molar-refractivity contribution in [2.75, 3.05) is 18.9 Å². The number of aromatic nitrogens is 4. The molecule has 3 fully saturated rings. The molecule has 5 N–H and O–H groups in total. The van der Waals surface area contributed by atoms with Crippen molar-refractivity contribution in [1.82, 2.24) is 29.7 Å². The molecular weight excluding hydrogens is 774 g/mol. The first-order valence-electron chi connectivity index (χ1n) is 15.7. The van der Waals surface area contributed by atoms with Crippen LogP contribution < -0.4 is 15.8 Å². The summed E-state index contributed by atoms with van der Waals surface area (Å²) in [5.41, 5.74) is 6.61. The number of alkyl halides is 2. The van der Waals surface area contributed by atoms with Gasteiger partial charge in [-0.1, -0.05) is 12.1 Å². The first kappa shape index (κ1) is 37.7. The number of hydrogen-bond acceptors (Lipinski definition) is 17. The van der Waals surface area contributed by atoms with Gasteiger partial charge in [-0.05, 0) is 35.2 Å². The van der Waals surface area contributed by atoms with Gasteiger partial charge in [0.15, 0.2) is 36.3 Å². The number of carbonyl (C=O) groups is 2. The van der Waals surface area contributed by atoms with E-state index >= 15 is 8.78 Å². The number of nitrogen functional groups attached to an aromatic ring is 1. The summed E-state index contributed by atoms with van der Waals surface area (Å²) in [6.45, 7) is -5.11. The fraction of sp³-hybridized carbons (Fsp3) is 0.464. The Hall–Kier alpha value is -3.60. The van der Waals surface area contributed by atoms with Gasteiger partial charge in [-0.2, -0.15) is 0 Å². The molecule has 0 aliphatic carbocycles. The van der Waals surface area contributed by atoms with Gasteiger partial charge in [0.1, 0.15) is 48.2 Å². The molecule has 11 atom stereocenters. The number of fused-ring (bicyclic) bond motifs is 4. The number of rotatable bonds is 6. The molecule has 3 unspecified atom stereocenters. The minimum absolute atomic E-state index is 0.0142. The van der Waals surface area contributed by atoms with Gasteiger partial charge in [0, 0.05) is 18.9 Å². The second kappa shape index (κ2) is 14.9. The van der Waals surface area contributed by atoms with Crippen molar-refractivity contribution in [3.8, 4) is 5.75 Å². The van der Waals surface area contributed by atoms with Crippen LogP contribution in [-0.4, -0.2) is 109 Å². The molecular formula is C28H31F2N7O13P2S.